The summed E-state index contributed by atoms with van der Waals surface area (Å²) in [6.45, 7) is 0. The molecule has 1 N–H and O–H groups in total. The van der Waals surface area contributed by atoms with E-state index in [0.717, 1.165) is 0 Å². The van der Waals surface area contributed by atoms with Crippen LogP contribution in [0.3, 0.4) is 0 Å². The molecule has 0 aliphatic rings. The fraction of sp³-hybridized carbons (Fsp3) is 0. The molecular weight excluding hydrogens is 294 g/mol. The lowest BCUT2D eigenvalue weighted by Gasteiger charge is -1.92. The molecule has 7 heteroatoms. The van der Waals surface area contributed by atoms with E-state index in [9.17, 15) is 8.42 Å². The van der Waals surface area contributed by atoms with Gasteiger partial charge in [0.2, 0.25) is 0 Å². The highest BCUT2D eigenvalue weighted by Gasteiger charge is 2.16. The Morgan fingerprint density at radius 3 is 1.38 bits per heavy atom. The molecule has 2 aromatic carbocycles. The van der Waals surface area contributed by atoms with E-state index < -0.39 is 14.6 Å². The molecule has 0 amide bonds. The summed E-state index contributed by atoms with van der Waals surface area (Å²) in [7, 11) is -5.02. The maximum Gasteiger partial charge on any atom is 0.563 e. The average molecular weight is 307 g/mol. The van der Waals surface area contributed by atoms with Crippen LogP contribution < -0.4 is 0 Å². The summed E-state index contributed by atoms with van der Waals surface area (Å²) >= 11 is 0. The van der Waals surface area contributed by atoms with Gasteiger partial charge in [0, 0.05) is 0 Å². The highest BCUT2D eigenvalue weighted by Crippen LogP contribution is 2.06. The minimum atomic E-state index is -5.02. The van der Waals surface area contributed by atoms with Crippen LogP contribution in [-0.4, -0.2) is 17.3 Å². The van der Waals surface area contributed by atoms with Crippen molar-refractivity contribution in [2.45, 2.75) is 0 Å². The predicted octanol–water partition coefficient (Wildman–Crippen LogP) is 2.92. The number of hydrogen-bond acceptors (Lipinski definition) is 4. The van der Waals surface area contributed by atoms with Gasteiger partial charge in [-0.2, -0.15) is 0 Å². The van der Waals surface area contributed by atoms with Gasteiger partial charge in [0.05, 0.1) is 0 Å². The first kappa shape index (κ1) is 16.5. The molecule has 0 radical (unpaired) electrons. The van der Waals surface area contributed by atoms with Crippen molar-refractivity contribution in [1.29, 1.82) is 0 Å². The second-order valence-electron chi connectivity index (χ2n) is 3.83. The fourth-order valence-electron chi connectivity index (χ4n) is 1.32. The molecule has 0 unspecified atom stereocenters. The van der Waals surface area contributed by atoms with Crippen LogP contribution in [0.2, 0.25) is 0 Å². The van der Waals surface area contributed by atoms with Gasteiger partial charge in [-0.15, -0.1) is 8.42 Å². The number of nitro groups is 1. The Morgan fingerprint density at radius 1 is 0.857 bits per heavy atom. The van der Waals surface area contributed by atoms with Gasteiger partial charge in [0.1, 0.15) is 0 Å². The molecule has 0 saturated carbocycles. The van der Waals surface area contributed by atoms with Crippen molar-refractivity contribution < 1.29 is 17.3 Å². The van der Waals surface area contributed by atoms with Crippen LogP contribution in [0.5, 0.6) is 0 Å². The molecule has 6 nitrogen and oxygen atoms in total. The Morgan fingerprint density at radius 2 is 1.14 bits per heavy atom. The Hall–Kier alpha value is -2.51. The third kappa shape index (κ3) is 7.00. The van der Waals surface area contributed by atoms with Gasteiger partial charge in [-0.3, -0.25) is 0 Å². The zero-order chi connectivity index (χ0) is 15.7. The second-order valence-corrected chi connectivity index (χ2v) is 5.02. The molecule has 2 aromatic rings. The van der Waals surface area contributed by atoms with Crippen LogP contribution in [-0.2, 0) is 10.3 Å². The minimum absolute atomic E-state index is 1.23. The summed E-state index contributed by atoms with van der Waals surface area (Å²) in [6.07, 6.45) is 4.24. The zero-order valence-corrected chi connectivity index (χ0v) is 11.7. The Kier molecular flexibility index (Phi) is 6.25. The maximum absolute atomic E-state index is 9.19. The number of benzene rings is 2. The smallest absolute Gasteiger partial charge is 0.245 e. The molecule has 0 aliphatic carbocycles. The predicted molar refractivity (Wildman–Crippen MR) is 80.4 cm³/mol. The third-order valence-corrected chi connectivity index (χ3v) is 2.63. The second kappa shape index (κ2) is 7.93. The molecule has 0 heterocycles. The first-order valence-electron chi connectivity index (χ1n) is 5.80. The summed E-state index contributed by atoms with van der Waals surface area (Å²) in [6, 6.07) is 20.6. The zero-order valence-electron chi connectivity index (χ0n) is 10.9. The van der Waals surface area contributed by atoms with E-state index in [4.69, 9.17) is 14.7 Å². The van der Waals surface area contributed by atoms with Crippen LogP contribution >= 0.6 is 0 Å². The molecule has 2 rings (SSSR count). The molecule has 0 fully saturated rings. The fourth-order valence-corrected chi connectivity index (χ4v) is 1.32. The quantitative estimate of drug-likeness (QED) is 0.407. The molecular formula is C14H13NO5S. The van der Waals surface area contributed by atoms with Gasteiger partial charge in [-0.05, 0) is 11.1 Å². The van der Waals surface area contributed by atoms with Crippen LogP contribution in [0.25, 0.3) is 12.2 Å². The summed E-state index contributed by atoms with van der Waals surface area (Å²) < 4.78 is 24.0. The van der Waals surface area contributed by atoms with E-state index in [2.05, 4.69) is 36.4 Å². The van der Waals surface area contributed by atoms with E-state index in [0.29, 0.717) is 0 Å². The summed E-state index contributed by atoms with van der Waals surface area (Å²) in [5.74, 6) is 0. The van der Waals surface area contributed by atoms with Gasteiger partial charge in [-0.25, -0.2) is 14.7 Å². The van der Waals surface area contributed by atoms with Crippen LogP contribution in [0.1, 0.15) is 11.1 Å². The highest BCUT2D eigenvalue weighted by molar-refractivity contribution is 7.79. The third-order valence-electron chi connectivity index (χ3n) is 2.26. The molecule has 0 saturated heterocycles. The maximum atomic E-state index is 9.19. The highest BCUT2D eigenvalue weighted by atomic mass is 32.2. The van der Waals surface area contributed by atoms with Crippen molar-refractivity contribution in [2.75, 3.05) is 0 Å². The lowest BCUT2D eigenvalue weighted by atomic mass is 10.1. The first-order chi connectivity index (χ1) is 9.89. The first-order valence-corrected chi connectivity index (χ1v) is 7.19. The Labute approximate surface area is 122 Å². The Bertz CT molecular complexity index is 655. The normalized spacial score (nSPS) is 10.7. The number of rotatable bonds is 3. The van der Waals surface area contributed by atoms with Crippen LogP contribution in [0.15, 0.2) is 60.7 Å². The number of hydrogen-bond donors (Lipinski definition) is 1. The van der Waals surface area contributed by atoms with E-state index in [1.807, 2.05) is 36.4 Å². The van der Waals surface area contributed by atoms with Crippen molar-refractivity contribution >= 4 is 22.5 Å². The van der Waals surface area contributed by atoms with Crippen LogP contribution in [0, 0.1) is 10.1 Å². The Balaban J connectivity index is 0.000000270. The van der Waals surface area contributed by atoms with E-state index >= 15 is 0 Å². The molecule has 0 spiro atoms. The van der Waals surface area contributed by atoms with Crippen molar-refractivity contribution in [3.05, 3.63) is 81.9 Å². The van der Waals surface area contributed by atoms with Crippen molar-refractivity contribution in [1.82, 2.24) is 0 Å². The largest absolute Gasteiger partial charge is 0.563 e. The SMILES string of the molecule is C(=Cc1ccccc1)c1ccccc1.O=[N+]([O-])S(=O)(=O)O. The van der Waals surface area contributed by atoms with Gasteiger partial charge >= 0.3 is 10.3 Å². The van der Waals surface area contributed by atoms with E-state index in [1.165, 1.54) is 11.1 Å². The monoisotopic (exact) mass is 307 g/mol. The lowest BCUT2D eigenvalue weighted by Crippen LogP contribution is -2.09. The van der Waals surface area contributed by atoms with Gasteiger partial charge < -0.3 is 0 Å². The lowest BCUT2D eigenvalue weighted by molar-refractivity contribution is -0.316. The van der Waals surface area contributed by atoms with Gasteiger partial charge in [-0.1, -0.05) is 72.8 Å². The van der Waals surface area contributed by atoms with Crippen LogP contribution in [0.4, 0.5) is 0 Å². The van der Waals surface area contributed by atoms with Crippen molar-refractivity contribution in [2.24, 2.45) is 0 Å². The van der Waals surface area contributed by atoms with E-state index in [1.54, 1.807) is 0 Å². The summed E-state index contributed by atoms with van der Waals surface area (Å²) in [5.41, 5.74) is 2.47. The van der Waals surface area contributed by atoms with Gasteiger partial charge in [0.15, 0.2) is 4.33 Å². The molecule has 0 aromatic heterocycles. The molecule has 0 atom stereocenters. The topological polar surface area (TPSA) is 97.5 Å². The standard InChI is InChI=1S/C14H12.HNO5S/c1-3-7-13(8-4-1)11-12-14-9-5-2-6-10-14;2-1(3)7(4,5)6/h1-12H;(H,4,5,6). The summed E-state index contributed by atoms with van der Waals surface area (Å²) in [5, 5.41) is 8.99. The van der Waals surface area contributed by atoms with Gasteiger partial charge in [0.25, 0.3) is 0 Å². The van der Waals surface area contributed by atoms with E-state index in [-0.39, 0.29) is 0 Å². The molecule has 0 aliphatic heterocycles. The summed E-state index contributed by atoms with van der Waals surface area (Å²) in [4.78, 5) is 8.99. The molecule has 0 bridgehead atoms. The van der Waals surface area contributed by atoms with Crippen molar-refractivity contribution in [3.63, 3.8) is 0 Å². The minimum Gasteiger partial charge on any atom is -0.245 e. The molecule has 21 heavy (non-hydrogen) atoms. The average Bonchev–Trinajstić information content (AvgIpc) is 2.47. The van der Waals surface area contributed by atoms with Crippen molar-refractivity contribution in [3.8, 4) is 0 Å². The molecule has 110 valence electrons. The number of nitrogens with zero attached hydrogens (tertiary/aromatic N) is 1.